The van der Waals surface area contributed by atoms with E-state index in [-0.39, 0.29) is 11.9 Å². The summed E-state index contributed by atoms with van der Waals surface area (Å²) in [4.78, 5) is 0. The topological polar surface area (TPSA) is 29.9 Å². The highest BCUT2D eigenvalue weighted by molar-refractivity contribution is 5.22. The van der Waals surface area contributed by atoms with Gasteiger partial charge in [0, 0.05) is 18.7 Å². The van der Waals surface area contributed by atoms with E-state index in [2.05, 4.69) is 22.3 Å². The van der Waals surface area contributed by atoms with Gasteiger partial charge in [-0.3, -0.25) is 4.68 Å². The van der Waals surface area contributed by atoms with E-state index in [0.717, 1.165) is 17.7 Å². The Morgan fingerprint density at radius 3 is 2.86 bits per heavy atom. The molecule has 1 atom stereocenters. The van der Waals surface area contributed by atoms with Crippen LogP contribution in [0.4, 0.5) is 4.39 Å². The molecule has 1 N–H and O–H groups in total. The van der Waals surface area contributed by atoms with Crippen molar-refractivity contribution < 1.29 is 4.39 Å². The maximum Gasteiger partial charge on any atom is 0.123 e. The van der Waals surface area contributed by atoms with E-state index in [9.17, 15) is 4.39 Å². The molecule has 1 aromatic carbocycles. The molecule has 3 rings (SSSR count). The van der Waals surface area contributed by atoms with Crippen LogP contribution in [0.15, 0.2) is 36.5 Å². The van der Waals surface area contributed by atoms with Crippen LogP contribution in [-0.4, -0.2) is 16.8 Å². The number of hydrogen-bond acceptors (Lipinski definition) is 2. The Balaban J connectivity index is 1.72. The molecule has 1 heterocycles. The predicted molar refractivity (Wildman–Crippen MR) is 81.6 cm³/mol. The minimum Gasteiger partial charge on any atom is -0.313 e. The summed E-state index contributed by atoms with van der Waals surface area (Å²) in [5.74, 6) is -0.191. The van der Waals surface area contributed by atoms with Crippen molar-refractivity contribution in [1.29, 1.82) is 0 Å². The highest BCUT2D eigenvalue weighted by atomic mass is 19.1. The van der Waals surface area contributed by atoms with E-state index >= 15 is 0 Å². The zero-order chi connectivity index (χ0) is 14.7. The minimum absolute atomic E-state index is 0.0904. The average molecular weight is 287 g/mol. The van der Waals surface area contributed by atoms with Gasteiger partial charge in [-0.1, -0.05) is 25.0 Å². The number of nitrogens with one attached hydrogen (secondary N) is 1. The molecule has 0 amide bonds. The van der Waals surface area contributed by atoms with E-state index in [1.165, 1.54) is 31.7 Å². The maximum atomic E-state index is 13.4. The molecule has 2 aromatic rings. The summed E-state index contributed by atoms with van der Waals surface area (Å²) in [6, 6.07) is 9.53. The zero-order valence-corrected chi connectivity index (χ0v) is 12.4. The van der Waals surface area contributed by atoms with Crippen LogP contribution in [0.3, 0.4) is 0 Å². The van der Waals surface area contributed by atoms with Crippen LogP contribution < -0.4 is 5.32 Å². The highest BCUT2D eigenvalue weighted by Crippen LogP contribution is 2.29. The van der Waals surface area contributed by atoms with Crippen LogP contribution in [-0.2, 0) is 6.42 Å². The Morgan fingerprint density at radius 1 is 1.33 bits per heavy atom. The van der Waals surface area contributed by atoms with Gasteiger partial charge < -0.3 is 5.32 Å². The number of likely N-dealkylation sites (N-methyl/N-ethyl adjacent to an activating group) is 1. The monoisotopic (exact) mass is 287 g/mol. The number of hydrogen-bond donors (Lipinski definition) is 1. The van der Waals surface area contributed by atoms with Gasteiger partial charge in [0.05, 0.1) is 11.7 Å². The lowest BCUT2D eigenvalue weighted by molar-refractivity contribution is 0.459. The molecular formula is C17H22FN3. The number of aromatic nitrogens is 2. The highest BCUT2D eigenvalue weighted by Gasteiger charge is 2.18. The van der Waals surface area contributed by atoms with Crippen molar-refractivity contribution >= 4 is 0 Å². The molecule has 1 unspecified atom stereocenters. The standard InChI is InChI=1S/C17H22FN3/c1-19-17(13-5-4-6-14(18)11-13)12-15-9-10-21(20-15)16-7-2-3-8-16/h4-6,9-11,16-17,19H,2-3,7-8,12H2,1H3. The molecule has 0 saturated heterocycles. The molecule has 0 spiro atoms. The zero-order valence-electron chi connectivity index (χ0n) is 12.4. The molecule has 0 aliphatic heterocycles. The van der Waals surface area contributed by atoms with Crippen LogP contribution in [0.5, 0.6) is 0 Å². The summed E-state index contributed by atoms with van der Waals surface area (Å²) >= 11 is 0. The molecule has 0 radical (unpaired) electrons. The molecule has 1 fully saturated rings. The SMILES string of the molecule is CNC(Cc1ccn(C2CCCC2)n1)c1cccc(F)c1. The van der Waals surface area contributed by atoms with Gasteiger partial charge in [-0.15, -0.1) is 0 Å². The lowest BCUT2D eigenvalue weighted by Gasteiger charge is -2.15. The first kappa shape index (κ1) is 14.3. The molecule has 0 bridgehead atoms. The van der Waals surface area contributed by atoms with E-state index < -0.39 is 0 Å². The van der Waals surface area contributed by atoms with E-state index in [1.54, 1.807) is 12.1 Å². The molecule has 1 saturated carbocycles. The van der Waals surface area contributed by atoms with Crippen molar-refractivity contribution in [2.75, 3.05) is 7.05 Å². The van der Waals surface area contributed by atoms with Crippen molar-refractivity contribution in [2.45, 2.75) is 44.2 Å². The van der Waals surface area contributed by atoms with Crippen molar-refractivity contribution in [2.24, 2.45) is 0 Å². The fraction of sp³-hybridized carbons (Fsp3) is 0.471. The van der Waals surface area contributed by atoms with E-state index in [0.29, 0.717) is 6.04 Å². The van der Waals surface area contributed by atoms with E-state index in [1.807, 2.05) is 13.1 Å². The van der Waals surface area contributed by atoms with Gasteiger partial charge in [-0.05, 0) is 43.7 Å². The van der Waals surface area contributed by atoms with Gasteiger partial charge in [-0.25, -0.2) is 4.39 Å². The van der Waals surface area contributed by atoms with Gasteiger partial charge in [0.2, 0.25) is 0 Å². The van der Waals surface area contributed by atoms with Crippen LogP contribution in [0.2, 0.25) is 0 Å². The first-order chi connectivity index (χ1) is 10.3. The van der Waals surface area contributed by atoms with Gasteiger partial charge >= 0.3 is 0 Å². The summed E-state index contributed by atoms with van der Waals surface area (Å²) in [5, 5.41) is 7.97. The summed E-state index contributed by atoms with van der Waals surface area (Å²) in [6.07, 6.45) is 7.95. The van der Waals surface area contributed by atoms with Crippen molar-refractivity contribution in [3.63, 3.8) is 0 Å². The Kier molecular flexibility index (Phi) is 4.34. The van der Waals surface area contributed by atoms with Gasteiger partial charge in [-0.2, -0.15) is 5.10 Å². The normalized spacial score (nSPS) is 17.2. The minimum atomic E-state index is -0.191. The second kappa shape index (κ2) is 6.39. The van der Waals surface area contributed by atoms with Crippen LogP contribution in [0.1, 0.15) is 49.0 Å². The second-order valence-electron chi connectivity index (χ2n) is 5.83. The number of nitrogens with zero attached hydrogens (tertiary/aromatic N) is 2. The molecule has 1 aliphatic rings. The third-order valence-corrected chi connectivity index (χ3v) is 4.38. The largest absolute Gasteiger partial charge is 0.313 e. The Labute approximate surface area is 125 Å². The lowest BCUT2D eigenvalue weighted by Crippen LogP contribution is -2.19. The van der Waals surface area contributed by atoms with Crippen LogP contribution >= 0.6 is 0 Å². The van der Waals surface area contributed by atoms with Crippen molar-refractivity contribution in [3.05, 3.63) is 53.6 Å². The fourth-order valence-electron chi connectivity index (χ4n) is 3.18. The van der Waals surface area contributed by atoms with Gasteiger partial charge in [0.1, 0.15) is 5.82 Å². The molecule has 1 aliphatic carbocycles. The van der Waals surface area contributed by atoms with Crippen LogP contribution in [0, 0.1) is 5.82 Å². The van der Waals surface area contributed by atoms with E-state index in [4.69, 9.17) is 5.10 Å². The maximum absolute atomic E-state index is 13.4. The summed E-state index contributed by atoms with van der Waals surface area (Å²) < 4.78 is 15.5. The first-order valence-corrected chi connectivity index (χ1v) is 7.73. The summed E-state index contributed by atoms with van der Waals surface area (Å²) in [7, 11) is 1.91. The quantitative estimate of drug-likeness (QED) is 0.910. The van der Waals surface area contributed by atoms with Crippen molar-refractivity contribution in [1.82, 2.24) is 15.1 Å². The molecule has 1 aromatic heterocycles. The average Bonchev–Trinajstić information content (AvgIpc) is 3.15. The van der Waals surface area contributed by atoms with Crippen molar-refractivity contribution in [3.8, 4) is 0 Å². The Morgan fingerprint density at radius 2 is 2.14 bits per heavy atom. The first-order valence-electron chi connectivity index (χ1n) is 7.73. The number of halogens is 1. The lowest BCUT2D eigenvalue weighted by atomic mass is 10.0. The van der Waals surface area contributed by atoms with Gasteiger partial charge in [0.15, 0.2) is 0 Å². The summed E-state index contributed by atoms with van der Waals surface area (Å²) in [6.45, 7) is 0. The summed E-state index contributed by atoms with van der Waals surface area (Å²) in [5.41, 5.74) is 2.03. The molecule has 4 heteroatoms. The number of benzene rings is 1. The molecule has 112 valence electrons. The molecule has 3 nitrogen and oxygen atoms in total. The third-order valence-electron chi connectivity index (χ3n) is 4.38. The smallest absolute Gasteiger partial charge is 0.123 e. The molecular weight excluding hydrogens is 265 g/mol. The Bertz CT molecular complexity index is 587. The fourth-order valence-corrected chi connectivity index (χ4v) is 3.18. The second-order valence-corrected chi connectivity index (χ2v) is 5.83. The van der Waals surface area contributed by atoms with Crippen LogP contribution in [0.25, 0.3) is 0 Å². The third kappa shape index (κ3) is 3.32. The van der Waals surface area contributed by atoms with Gasteiger partial charge in [0.25, 0.3) is 0 Å². The Hall–Kier alpha value is -1.68. The molecule has 21 heavy (non-hydrogen) atoms. The number of rotatable bonds is 5. The predicted octanol–water partition coefficient (Wildman–Crippen LogP) is 3.64.